The maximum atomic E-state index is 13.7. The fourth-order valence-corrected chi connectivity index (χ4v) is 2.56. The number of nitrogens with zero attached hydrogens (tertiary/aromatic N) is 1. The van der Waals surface area contributed by atoms with E-state index in [9.17, 15) is 22.7 Å². The molecule has 2 N–H and O–H groups in total. The Hall–Kier alpha value is -2.57. The number of hydrogen-bond acceptors (Lipinski definition) is 3. The zero-order chi connectivity index (χ0) is 17.3. The van der Waals surface area contributed by atoms with Crippen molar-refractivity contribution in [3.63, 3.8) is 0 Å². The van der Waals surface area contributed by atoms with Crippen LogP contribution in [0.4, 0.5) is 17.6 Å². The summed E-state index contributed by atoms with van der Waals surface area (Å²) in [4.78, 5) is 4.12. The molecule has 0 atom stereocenters. The molecule has 7 heteroatoms. The smallest absolute Gasteiger partial charge is 0.346 e. The van der Waals surface area contributed by atoms with Crippen LogP contribution in [0.5, 0.6) is 5.75 Å². The highest BCUT2D eigenvalue weighted by atomic mass is 19.3. The average Bonchev–Trinajstić information content (AvgIpc) is 2.82. The lowest BCUT2D eigenvalue weighted by atomic mass is 10.0. The molecule has 0 radical (unpaired) electrons. The number of phenols is 1. The minimum absolute atomic E-state index is 0.00594. The fraction of sp³-hybridized carbons (Fsp3) is 0.235. The molecular formula is C17H14F4N2O. The lowest BCUT2D eigenvalue weighted by Gasteiger charge is -2.19. The minimum atomic E-state index is -4.31. The Labute approximate surface area is 135 Å². The summed E-state index contributed by atoms with van der Waals surface area (Å²) in [5, 5.41) is 14.0. The van der Waals surface area contributed by atoms with Gasteiger partial charge >= 0.3 is 12.3 Å². The van der Waals surface area contributed by atoms with Gasteiger partial charge in [0.05, 0.1) is 18.0 Å². The van der Waals surface area contributed by atoms with Gasteiger partial charge in [0.15, 0.2) is 0 Å². The molecule has 0 saturated heterocycles. The van der Waals surface area contributed by atoms with E-state index in [2.05, 4.69) is 10.3 Å². The summed E-state index contributed by atoms with van der Waals surface area (Å²) in [6.45, 7) is 0.132. The first kappa shape index (κ1) is 16.3. The Morgan fingerprint density at radius 3 is 2.62 bits per heavy atom. The normalized spacial score (nSPS) is 15.7. The number of fused-ring (bicyclic) bond motifs is 1. The molecule has 0 amide bonds. The Balaban J connectivity index is 2.10. The number of benzene rings is 2. The minimum Gasteiger partial charge on any atom is -0.507 e. The molecule has 0 spiro atoms. The van der Waals surface area contributed by atoms with Crippen molar-refractivity contribution >= 4 is 16.5 Å². The molecule has 0 fully saturated rings. The summed E-state index contributed by atoms with van der Waals surface area (Å²) < 4.78 is 52.6. The van der Waals surface area contributed by atoms with Crippen LogP contribution >= 0.6 is 0 Å². The molecule has 2 aromatic rings. The van der Waals surface area contributed by atoms with Gasteiger partial charge in [0.25, 0.3) is 0 Å². The van der Waals surface area contributed by atoms with Crippen LogP contribution in [0.25, 0.3) is 10.8 Å². The van der Waals surface area contributed by atoms with E-state index < -0.39 is 18.0 Å². The Bertz CT molecular complexity index is 830. The number of phenolic OH excluding ortho intramolecular Hbond substituents is 1. The first-order valence-corrected chi connectivity index (χ1v) is 7.29. The second-order valence-electron chi connectivity index (χ2n) is 5.36. The molecule has 1 aliphatic heterocycles. The van der Waals surface area contributed by atoms with Crippen molar-refractivity contribution < 1.29 is 22.7 Å². The van der Waals surface area contributed by atoms with Gasteiger partial charge in [-0.2, -0.15) is 8.78 Å². The molecule has 2 aromatic carbocycles. The van der Waals surface area contributed by atoms with E-state index in [0.717, 1.165) is 11.5 Å². The van der Waals surface area contributed by atoms with Crippen LogP contribution in [0.1, 0.15) is 5.56 Å². The molecule has 3 rings (SSSR count). The first-order chi connectivity index (χ1) is 11.4. The number of halogens is 4. The number of hydrogen-bond donors (Lipinski definition) is 2. The number of allylic oxidation sites excluding steroid dienone is 2. The summed E-state index contributed by atoms with van der Waals surface area (Å²) in [7, 11) is 0. The summed E-state index contributed by atoms with van der Waals surface area (Å²) >= 11 is 0. The van der Waals surface area contributed by atoms with Crippen molar-refractivity contribution in [1.82, 2.24) is 5.32 Å². The summed E-state index contributed by atoms with van der Waals surface area (Å²) in [6.07, 6.45) is -2.95. The molecule has 3 nitrogen and oxygen atoms in total. The highest BCUT2D eigenvalue weighted by Gasteiger charge is 2.45. The van der Waals surface area contributed by atoms with Gasteiger partial charge in [0.2, 0.25) is 0 Å². The van der Waals surface area contributed by atoms with Gasteiger partial charge in [-0.25, -0.2) is 8.78 Å². The third kappa shape index (κ3) is 2.81. The number of alkyl halides is 4. The van der Waals surface area contributed by atoms with E-state index in [1.807, 2.05) is 0 Å². The topological polar surface area (TPSA) is 44.6 Å². The third-order valence-electron chi connectivity index (χ3n) is 3.80. The van der Waals surface area contributed by atoms with E-state index in [4.69, 9.17) is 0 Å². The second kappa shape index (κ2) is 6.14. The van der Waals surface area contributed by atoms with E-state index in [1.165, 1.54) is 6.07 Å². The van der Waals surface area contributed by atoms with Crippen molar-refractivity contribution in [1.29, 1.82) is 0 Å². The van der Waals surface area contributed by atoms with E-state index in [0.29, 0.717) is 5.39 Å². The largest absolute Gasteiger partial charge is 0.507 e. The quantitative estimate of drug-likeness (QED) is 0.838. The first-order valence-electron chi connectivity index (χ1n) is 7.29. The fourth-order valence-electron chi connectivity index (χ4n) is 2.56. The highest BCUT2D eigenvalue weighted by molar-refractivity contribution is 6.13. The van der Waals surface area contributed by atoms with Gasteiger partial charge in [-0.05, 0) is 17.5 Å². The molecular weight excluding hydrogens is 324 g/mol. The lowest BCUT2D eigenvalue weighted by molar-refractivity contribution is -0.103. The molecule has 24 heavy (non-hydrogen) atoms. The van der Waals surface area contributed by atoms with Crippen LogP contribution in [-0.4, -0.2) is 36.3 Å². The van der Waals surface area contributed by atoms with Crippen molar-refractivity contribution in [2.45, 2.75) is 12.3 Å². The Morgan fingerprint density at radius 1 is 1.12 bits per heavy atom. The highest BCUT2D eigenvalue weighted by Crippen LogP contribution is 2.33. The van der Waals surface area contributed by atoms with Crippen molar-refractivity contribution in [3.05, 3.63) is 53.7 Å². The second-order valence-corrected chi connectivity index (χ2v) is 5.36. The molecule has 126 valence electrons. The molecule has 0 unspecified atom stereocenters. The zero-order valence-electron chi connectivity index (χ0n) is 12.4. The molecule has 0 saturated carbocycles. The van der Waals surface area contributed by atoms with Crippen LogP contribution in [0, 0.1) is 0 Å². The Kier molecular flexibility index (Phi) is 4.17. The van der Waals surface area contributed by atoms with Crippen molar-refractivity contribution in [3.8, 4) is 5.75 Å². The predicted octanol–water partition coefficient (Wildman–Crippen LogP) is 3.72. The van der Waals surface area contributed by atoms with Crippen molar-refractivity contribution in [2.24, 2.45) is 4.99 Å². The van der Waals surface area contributed by atoms with Crippen LogP contribution in [0.2, 0.25) is 0 Å². The van der Waals surface area contributed by atoms with Gasteiger partial charge < -0.3 is 10.4 Å². The molecule has 0 aliphatic carbocycles. The van der Waals surface area contributed by atoms with Gasteiger partial charge in [-0.1, -0.05) is 30.3 Å². The van der Waals surface area contributed by atoms with Gasteiger partial charge in [0, 0.05) is 17.5 Å². The van der Waals surface area contributed by atoms with Crippen LogP contribution in [-0.2, 0) is 0 Å². The summed E-state index contributed by atoms with van der Waals surface area (Å²) in [5.74, 6) is -4.43. The SMILES string of the molecule is Oc1c(C2=NCCNC(C(F)(F)C(F)F)=C2)ccc2ccccc12. The summed E-state index contributed by atoms with van der Waals surface area (Å²) in [6, 6.07) is 10.3. The maximum Gasteiger partial charge on any atom is 0.346 e. The maximum absolute atomic E-state index is 13.7. The van der Waals surface area contributed by atoms with Gasteiger partial charge in [-0.3, -0.25) is 4.99 Å². The lowest BCUT2D eigenvalue weighted by Crippen LogP contribution is -2.37. The number of nitrogens with one attached hydrogen (secondary N) is 1. The molecule has 1 heterocycles. The van der Waals surface area contributed by atoms with E-state index in [1.54, 1.807) is 30.3 Å². The van der Waals surface area contributed by atoms with Crippen LogP contribution in [0.15, 0.2) is 53.2 Å². The van der Waals surface area contributed by atoms with Crippen molar-refractivity contribution in [2.75, 3.05) is 13.1 Å². The molecule has 1 aliphatic rings. The predicted molar refractivity (Wildman–Crippen MR) is 84.1 cm³/mol. The van der Waals surface area contributed by atoms with Crippen LogP contribution in [0.3, 0.4) is 0 Å². The van der Waals surface area contributed by atoms with Gasteiger partial charge in [-0.15, -0.1) is 0 Å². The Morgan fingerprint density at radius 2 is 1.88 bits per heavy atom. The van der Waals surface area contributed by atoms with Gasteiger partial charge in [0.1, 0.15) is 5.75 Å². The van der Waals surface area contributed by atoms with E-state index >= 15 is 0 Å². The van der Waals surface area contributed by atoms with Crippen LogP contribution < -0.4 is 5.32 Å². The molecule has 0 bridgehead atoms. The zero-order valence-corrected chi connectivity index (χ0v) is 12.4. The average molecular weight is 338 g/mol. The van der Waals surface area contributed by atoms with E-state index in [-0.39, 0.29) is 30.1 Å². The standard InChI is InChI=1S/C17H14F4N2O/c18-16(19)17(20,21)14-9-13(22-7-8-23-14)12-6-5-10-3-1-2-4-11(10)15(12)24/h1-6,9,16,23-24H,7-8H2. The number of rotatable bonds is 3. The monoisotopic (exact) mass is 338 g/mol. The number of aromatic hydroxyl groups is 1. The third-order valence-corrected chi connectivity index (χ3v) is 3.80. The molecule has 0 aromatic heterocycles. The summed E-state index contributed by atoms with van der Waals surface area (Å²) in [5.41, 5.74) is -0.639. The number of aliphatic imine (C=N–C) groups is 1.